The maximum Gasteiger partial charge on any atom is 0.131 e. The van der Waals surface area contributed by atoms with Crippen LogP contribution in [0.3, 0.4) is 0 Å². The lowest BCUT2D eigenvalue weighted by atomic mass is 10.0. The van der Waals surface area contributed by atoms with E-state index in [0.29, 0.717) is 17.9 Å². The third-order valence-corrected chi connectivity index (χ3v) is 5.44. The Bertz CT molecular complexity index is 753. The molecule has 146 valence electrons. The van der Waals surface area contributed by atoms with Crippen LogP contribution in [0.2, 0.25) is 0 Å². The second-order valence-corrected chi connectivity index (χ2v) is 7.26. The van der Waals surface area contributed by atoms with Gasteiger partial charge in [-0.25, -0.2) is 4.39 Å². The third-order valence-electron chi connectivity index (χ3n) is 5.44. The average Bonchev–Trinajstić information content (AvgIpc) is 2.67. The minimum Gasteiger partial charge on any atom is -0.497 e. The van der Waals surface area contributed by atoms with Crippen molar-refractivity contribution in [3.63, 3.8) is 0 Å². The number of hydrogen-bond donors (Lipinski definition) is 1. The topological polar surface area (TPSA) is 35.9 Å². The molecule has 1 N–H and O–H groups in total. The zero-order chi connectivity index (χ0) is 19.2. The predicted molar refractivity (Wildman–Crippen MR) is 105 cm³/mol. The van der Waals surface area contributed by atoms with E-state index in [1.165, 1.54) is 17.2 Å². The highest BCUT2D eigenvalue weighted by Crippen LogP contribution is 2.22. The number of halogens is 1. The number of ether oxygens (including phenoxy) is 1. The molecule has 27 heavy (non-hydrogen) atoms. The zero-order valence-electron chi connectivity index (χ0n) is 16.2. The fourth-order valence-corrected chi connectivity index (χ4v) is 3.76. The van der Waals surface area contributed by atoms with Gasteiger partial charge in [0.25, 0.3) is 0 Å². The summed E-state index contributed by atoms with van der Waals surface area (Å²) in [6.07, 6.45) is 0.730. The molecule has 2 aromatic carbocycles. The zero-order valence-corrected chi connectivity index (χ0v) is 16.2. The van der Waals surface area contributed by atoms with Crippen molar-refractivity contribution < 1.29 is 14.2 Å². The van der Waals surface area contributed by atoms with Crippen LogP contribution in [0.25, 0.3) is 0 Å². The minimum absolute atomic E-state index is 0.166. The van der Waals surface area contributed by atoms with E-state index in [2.05, 4.69) is 41.0 Å². The van der Waals surface area contributed by atoms with Gasteiger partial charge >= 0.3 is 0 Å². The summed E-state index contributed by atoms with van der Waals surface area (Å²) >= 11 is 0. The van der Waals surface area contributed by atoms with Gasteiger partial charge in [-0.2, -0.15) is 0 Å². The number of aryl methyl sites for hydroxylation is 1. The Balaban J connectivity index is 1.66. The molecule has 0 aliphatic carbocycles. The lowest BCUT2D eigenvalue weighted by Crippen LogP contribution is -2.52. The van der Waals surface area contributed by atoms with Crippen LogP contribution >= 0.6 is 0 Å². The molecule has 1 aliphatic heterocycles. The number of hydrogen-bond acceptors (Lipinski definition) is 4. The fraction of sp³-hybridized carbons (Fsp3) is 0.455. The molecule has 1 atom stereocenters. The second kappa shape index (κ2) is 9.31. The van der Waals surface area contributed by atoms with Crippen molar-refractivity contribution in [3.8, 4) is 5.75 Å². The fourth-order valence-electron chi connectivity index (χ4n) is 3.76. The molecule has 4 nitrogen and oxygen atoms in total. The van der Waals surface area contributed by atoms with Crippen molar-refractivity contribution >= 4 is 0 Å². The SMILES string of the molecule is COc1ccc(CN2CCN(Cc3ccccc3C)[C@H](CCO)C2)c(F)c1. The number of rotatable bonds is 7. The highest BCUT2D eigenvalue weighted by molar-refractivity contribution is 5.29. The smallest absolute Gasteiger partial charge is 0.131 e. The standard InChI is InChI=1S/C22H29FN2O2/c1-17-5-3-4-6-18(17)15-25-11-10-24(16-20(25)9-12-26)14-19-7-8-21(27-2)13-22(19)23/h3-8,13,20,26H,9-12,14-16H2,1-2H3/t20-/m1/s1. The van der Waals surface area contributed by atoms with Crippen LogP contribution in [0.15, 0.2) is 42.5 Å². The van der Waals surface area contributed by atoms with Gasteiger partial charge in [0.2, 0.25) is 0 Å². The molecule has 0 unspecified atom stereocenters. The molecule has 0 amide bonds. The molecule has 3 rings (SSSR count). The van der Waals surface area contributed by atoms with Crippen LogP contribution in [-0.2, 0) is 13.1 Å². The van der Waals surface area contributed by atoms with E-state index in [-0.39, 0.29) is 18.5 Å². The van der Waals surface area contributed by atoms with Gasteiger partial charge in [0.1, 0.15) is 11.6 Å². The Morgan fingerprint density at radius 3 is 2.63 bits per heavy atom. The molecule has 5 heteroatoms. The number of piperazine rings is 1. The van der Waals surface area contributed by atoms with E-state index in [1.807, 2.05) is 0 Å². The first-order valence-corrected chi connectivity index (χ1v) is 9.55. The number of aliphatic hydroxyl groups excluding tert-OH is 1. The molecule has 0 radical (unpaired) electrons. The van der Waals surface area contributed by atoms with Gasteiger partial charge in [-0.1, -0.05) is 30.3 Å². The molecule has 1 aliphatic rings. The Hall–Kier alpha value is -1.95. The Morgan fingerprint density at radius 2 is 1.93 bits per heavy atom. The van der Waals surface area contributed by atoms with Crippen LogP contribution in [0.1, 0.15) is 23.1 Å². The summed E-state index contributed by atoms with van der Waals surface area (Å²) in [6.45, 7) is 6.41. The average molecular weight is 372 g/mol. The van der Waals surface area contributed by atoms with E-state index < -0.39 is 0 Å². The lowest BCUT2D eigenvalue weighted by molar-refractivity contribution is 0.0493. The van der Waals surface area contributed by atoms with Crippen molar-refractivity contribution in [2.45, 2.75) is 32.5 Å². The van der Waals surface area contributed by atoms with Gasteiger partial charge < -0.3 is 9.84 Å². The van der Waals surface area contributed by atoms with Crippen molar-refractivity contribution in [2.75, 3.05) is 33.4 Å². The van der Waals surface area contributed by atoms with Crippen LogP contribution in [-0.4, -0.2) is 54.3 Å². The molecule has 1 saturated heterocycles. The van der Waals surface area contributed by atoms with Crippen LogP contribution in [0.5, 0.6) is 5.75 Å². The van der Waals surface area contributed by atoms with E-state index in [1.54, 1.807) is 19.2 Å². The molecule has 1 fully saturated rings. The first-order valence-electron chi connectivity index (χ1n) is 9.55. The number of methoxy groups -OCH3 is 1. The molecule has 0 aromatic heterocycles. The molecule has 2 aromatic rings. The van der Waals surface area contributed by atoms with Crippen molar-refractivity contribution in [1.82, 2.24) is 9.80 Å². The molecular formula is C22H29FN2O2. The predicted octanol–water partition coefficient (Wildman–Crippen LogP) is 3.21. The second-order valence-electron chi connectivity index (χ2n) is 7.26. The normalized spacial score (nSPS) is 18.6. The van der Waals surface area contributed by atoms with Gasteiger partial charge in [0.15, 0.2) is 0 Å². The quantitative estimate of drug-likeness (QED) is 0.810. The molecular weight excluding hydrogens is 343 g/mol. The largest absolute Gasteiger partial charge is 0.497 e. The monoisotopic (exact) mass is 372 g/mol. The summed E-state index contributed by atoms with van der Waals surface area (Å²) in [4.78, 5) is 4.72. The van der Waals surface area contributed by atoms with Crippen LogP contribution < -0.4 is 4.74 Å². The summed E-state index contributed by atoms with van der Waals surface area (Å²) in [6, 6.07) is 13.8. The summed E-state index contributed by atoms with van der Waals surface area (Å²) < 4.78 is 19.4. The maximum atomic E-state index is 14.3. The summed E-state index contributed by atoms with van der Waals surface area (Å²) in [5.41, 5.74) is 3.31. The third kappa shape index (κ3) is 5.06. The van der Waals surface area contributed by atoms with E-state index >= 15 is 0 Å². The van der Waals surface area contributed by atoms with Crippen molar-refractivity contribution in [2.24, 2.45) is 0 Å². The van der Waals surface area contributed by atoms with Crippen molar-refractivity contribution in [3.05, 3.63) is 65.0 Å². The van der Waals surface area contributed by atoms with Gasteiger partial charge in [0.05, 0.1) is 7.11 Å². The first kappa shape index (κ1) is 19.8. The number of benzene rings is 2. The minimum atomic E-state index is -0.226. The summed E-state index contributed by atoms with van der Waals surface area (Å²) in [5, 5.41) is 9.52. The van der Waals surface area contributed by atoms with Gasteiger partial charge in [-0.15, -0.1) is 0 Å². The maximum absolute atomic E-state index is 14.3. The van der Waals surface area contributed by atoms with Crippen LogP contribution in [0.4, 0.5) is 4.39 Å². The van der Waals surface area contributed by atoms with Gasteiger partial charge in [0, 0.05) is 57.0 Å². The highest BCUT2D eigenvalue weighted by Gasteiger charge is 2.27. The van der Waals surface area contributed by atoms with Gasteiger partial charge in [-0.05, 0) is 30.5 Å². The van der Waals surface area contributed by atoms with E-state index in [0.717, 1.165) is 32.6 Å². The van der Waals surface area contributed by atoms with Crippen LogP contribution in [0, 0.1) is 12.7 Å². The highest BCUT2D eigenvalue weighted by atomic mass is 19.1. The van der Waals surface area contributed by atoms with Gasteiger partial charge in [-0.3, -0.25) is 9.80 Å². The Kier molecular flexibility index (Phi) is 6.83. The number of aliphatic hydroxyl groups is 1. The first-order chi connectivity index (χ1) is 13.1. The molecule has 0 bridgehead atoms. The number of nitrogens with zero attached hydrogens (tertiary/aromatic N) is 2. The molecule has 1 heterocycles. The van der Waals surface area contributed by atoms with Crippen molar-refractivity contribution in [1.29, 1.82) is 0 Å². The summed E-state index contributed by atoms with van der Waals surface area (Å²) in [7, 11) is 1.54. The summed E-state index contributed by atoms with van der Waals surface area (Å²) in [5.74, 6) is 0.313. The Morgan fingerprint density at radius 1 is 1.11 bits per heavy atom. The Labute approximate surface area is 161 Å². The lowest BCUT2D eigenvalue weighted by Gasteiger charge is -2.41. The van der Waals surface area contributed by atoms with E-state index in [4.69, 9.17) is 4.74 Å². The molecule has 0 saturated carbocycles. The molecule has 0 spiro atoms. The van der Waals surface area contributed by atoms with E-state index in [9.17, 15) is 9.50 Å².